The van der Waals surface area contributed by atoms with Gasteiger partial charge in [-0.1, -0.05) is 23.2 Å². The molecular weight excluding hydrogens is 367 g/mol. The SMILES string of the molecule is COc1ccc(NC(=O)[C@@H](C)OC(=O)c2ccc(Cl)cc2N)cc1Cl. The van der Waals surface area contributed by atoms with E-state index >= 15 is 0 Å². The smallest absolute Gasteiger partial charge is 0.341 e. The third kappa shape index (κ3) is 4.78. The number of halogens is 2. The Kier molecular flexibility index (Phi) is 6.12. The highest BCUT2D eigenvalue weighted by molar-refractivity contribution is 6.32. The lowest BCUT2D eigenvalue weighted by molar-refractivity contribution is -0.123. The van der Waals surface area contributed by atoms with Crippen molar-refractivity contribution < 1.29 is 19.1 Å². The molecule has 25 heavy (non-hydrogen) atoms. The molecule has 0 aromatic heterocycles. The van der Waals surface area contributed by atoms with Crippen LogP contribution in [-0.4, -0.2) is 25.1 Å². The first-order chi connectivity index (χ1) is 11.8. The average molecular weight is 383 g/mol. The number of nitrogen functional groups attached to an aromatic ring is 1. The zero-order valence-corrected chi connectivity index (χ0v) is 15.0. The third-order valence-corrected chi connectivity index (χ3v) is 3.84. The lowest BCUT2D eigenvalue weighted by Gasteiger charge is -2.15. The molecule has 0 fully saturated rings. The van der Waals surface area contributed by atoms with Crippen LogP contribution in [0, 0.1) is 0 Å². The summed E-state index contributed by atoms with van der Waals surface area (Å²) in [6.45, 7) is 1.45. The van der Waals surface area contributed by atoms with E-state index in [1.54, 1.807) is 12.1 Å². The molecule has 0 radical (unpaired) electrons. The van der Waals surface area contributed by atoms with Crippen molar-refractivity contribution in [3.8, 4) is 5.75 Å². The highest BCUT2D eigenvalue weighted by atomic mass is 35.5. The number of rotatable bonds is 5. The van der Waals surface area contributed by atoms with Gasteiger partial charge in [-0.25, -0.2) is 4.79 Å². The summed E-state index contributed by atoms with van der Waals surface area (Å²) in [5.74, 6) is -0.746. The Labute approximate surface area is 154 Å². The Bertz CT molecular complexity index is 811. The molecule has 0 aliphatic heterocycles. The minimum absolute atomic E-state index is 0.136. The molecule has 8 heteroatoms. The fourth-order valence-electron chi connectivity index (χ4n) is 1.99. The zero-order chi connectivity index (χ0) is 18.6. The molecule has 6 nitrogen and oxygen atoms in total. The van der Waals surface area contributed by atoms with Gasteiger partial charge >= 0.3 is 5.97 Å². The molecule has 0 heterocycles. The number of hydrogen-bond donors (Lipinski definition) is 2. The Morgan fingerprint density at radius 1 is 1.16 bits per heavy atom. The Balaban J connectivity index is 2.02. The van der Waals surface area contributed by atoms with Gasteiger partial charge in [0.05, 0.1) is 17.7 Å². The number of carbonyl (C=O) groups excluding carboxylic acids is 2. The number of nitrogens with one attached hydrogen (secondary N) is 1. The van der Waals surface area contributed by atoms with Crippen molar-refractivity contribution in [1.82, 2.24) is 0 Å². The molecule has 0 saturated heterocycles. The lowest BCUT2D eigenvalue weighted by atomic mass is 10.2. The summed E-state index contributed by atoms with van der Waals surface area (Å²) in [7, 11) is 1.49. The normalized spacial score (nSPS) is 11.5. The molecule has 1 amide bonds. The molecule has 0 spiro atoms. The van der Waals surface area contributed by atoms with Gasteiger partial charge in [-0.3, -0.25) is 4.79 Å². The summed E-state index contributed by atoms with van der Waals surface area (Å²) >= 11 is 11.8. The molecule has 0 unspecified atom stereocenters. The van der Waals surface area contributed by atoms with Crippen LogP contribution in [0.3, 0.4) is 0 Å². The van der Waals surface area contributed by atoms with E-state index < -0.39 is 18.0 Å². The molecule has 0 saturated carbocycles. The van der Waals surface area contributed by atoms with Crippen LogP contribution >= 0.6 is 23.2 Å². The second-order valence-corrected chi connectivity index (χ2v) is 5.96. The first-order valence-electron chi connectivity index (χ1n) is 7.22. The van der Waals surface area contributed by atoms with E-state index in [1.165, 1.54) is 38.3 Å². The van der Waals surface area contributed by atoms with Gasteiger partial charge in [-0.2, -0.15) is 0 Å². The van der Waals surface area contributed by atoms with Gasteiger partial charge in [0.1, 0.15) is 5.75 Å². The standard InChI is InChI=1S/C17H16Cl2N2O4/c1-9(25-17(23)12-5-3-10(18)7-14(12)20)16(22)21-11-4-6-15(24-2)13(19)8-11/h3-9H,20H2,1-2H3,(H,21,22)/t9-/m1/s1. The molecule has 2 aromatic rings. The van der Waals surface area contributed by atoms with Crippen molar-refractivity contribution >= 4 is 46.5 Å². The monoisotopic (exact) mass is 382 g/mol. The third-order valence-electron chi connectivity index (χ3n) is 3.31. The Morgan fingerprint density at radius 2 is 1.88 bits per heavy atom. The van der Waals surface area contributed by atoms with Gasteiger partial charge in [0.25, 0.3) is 5.91 Å². The molecule has 2 aromatic carbocycles. The lowest BCUT2D eigenvalue weighted by Crippen LogP contribution is -2.30. The molecule has 0 aliphatic rings. The molecule has 132 valence electrons. The highest BCUT2D eigenvalue weighted by Gasteiger charge is 2.21. The van der Waals surface area contributed by atoms with Gasteiger partial charge < -0.3 is 20.5 Å². The summed E-state index contributed by atoms with van der Waals surface area (Å²) in [6.07, 6.45) is -1.04. The van der Waals surface area contributed by atoms with Gasteiger partial charge in [0.2, 0.25) is 0 Å². The number of esters is 1. The van der Waals surface area contributed by atoms with E-state index in [4.69, 9.17) is 38.4 Å². The van der Waals surface area contributed by atoms with Crippen LogP contribution in [0.5, 0.6) is 5.75 Å². The number of amides is 1. The number of ether oxygens (including phenoxy) is 2. The number of carbonyl (C=O) groups is 2. The molecule has 0 bridgehead atoms. The van der Waals surface area contributed by atoms with Crippen molar-refractivity contribution in [3.05, 3.63) is 52.0 Å². The highest BCUT2D eigenvalue weighted by Crippen LogP contribution is 2.27. The minimum Gasteiger partial charge on any atom is -0.495 e. The van der Waals surface area contributed by atoms with Crippen LogP contribution in [-0.2, 0) is 9.53 Å². The van der Waals surface area contributed by atoms with Crippen LogP contribution in [0.15, 0.2) is 36.4 Å². The fourth-order valence-corrected chi connectivity index (χ4v) is 2.42. The summed E-state index contributed by atoms with van der Waals surface area (Å²) in [5, 5.41) is 3.35. The second-order valence-electron chi connectivity index (χ2n) is 5.12. The van der Waals surface area contributed by atoms with Crippen LogP contribution in [0.1, 0.15) is 17.3 Å². The Hall–Kier alpha value is -2.44. The van der Waals surface area contributed by atoms with E-state index in [-0.39, 0.29) is 11.3 Å². The van der Waals surface area contributed by atoms with Crippen molar-refractivity contribution in [2.75, 3.05) is 18.2 Å². The molecule has 3 N–H and O–H groups in total. The van der Waals surface area contributed by atoms with Crippen LogP contribution in [0.4, 0.5) is 11.4 Å². The average Bonchev–Trinajstić information content (AvgIpc) is 2.54. The van der Waals surface area contributed by atoms with Gasteiger partial charge in [-0.15, -0.1) is 0 Å². The summed E-state index contributed by atoms with van der Waals surface area (Å²) in [4.78, 5) is 24.3. The number of benzene rings is 2. The zero-order valence-electron chi connectivity index (χ0n) is 13.5. The number of nitrogens with two attached hydrogens (primary N) is 1. The molecule has 1 atom stereocenters. The van der Waals surface area contributed by atoms with E-state index in [0.717, 1.165) is 0 Å². The Morgan fingerprint density at radius 3 is 2.48 bits per heavy atom. The van der Waals surface area contributed by atoms with Crippen LogP contribution in [0.25, 0.3) is 0 Å². The predicted molar refractivity (Wildman–Crippen MR) is 97.4 cm³/mol. The van der Waals surface area contributed by atoms with Crippen molar-refractivity contribution in [3.63, 3.8) is 0 Å². The minimum atomic E-state index is -1.04. The molecule has 0 aliphatic carbocycles. The fraction of sp³-hybridized carbons (Fsp3) is 0.176. The van der Waals surface area contributed by atoms with Crippen LogP contribution in [0.2, 0.25) is 10.0 Å². The first-order valence-corrected chi connectivity index (χ1v) is 7.98. The van der Waals surface area contributed by atoms with E-state index in [1.807, 2.05) is 0 Å². The maximum Gasteiger partial charge on any atom is 0.341 e. The second kappa shape index (κ2) is 8.09. The van der Waals surface area contributed by atoms with E-state index in [9.17, 15) is 9.59 Å². The summed E-state index contributed by atoms with van der Waals surface area (Å²) < 4.78 is 10.2. The number of anilines is 2. The van der Waals surface area contributed by atoms with Gasteiger partial charge in [-0.05, 0) is 43.3 Å². The molecule has 2 rings (SSSR count). The first kappa shape index (κ1) is 18.9. The predicted octanol–water partition coefficient (Wildman–Crippen LogP) is 3.77. The number of methoxy groups -OCH3 is 1. The molecular formula is C17H16Cl2N2O4. The maximum atomic E-state index is 12.2. The van der Waals surface area contributed by atoms with Crippen molar-refractivity contribution in [1.29, 1.82) is 0 Å². The number of hydrogen-bond acceptors (Lipinski definition) is 5. The van der Waals surface area contributed by atoms with Crippen molar-refractivity contribution in [2.24, 2.45) is 0 Å². The van der Waals surface area contributed by atoms with Crippen LogP contribution < -0.4 is 15.8 Å². The topological polar surface area (TPSA) is 90.6 Å². The summed E-state index contributed by atoms with van der Waals surface area (Å²) in [5.41, 5.74) is 6.49. The van der Waals surface area contributed by atoms with E-state index in [2.05, 4.69) is 5.32 Å². The van der Waals surface area contributed by atoms with Gasteiger partial charge in [0.15, 0.2) is 6.10 Å². The summed E-state index contributed by atoms with van der Waals surface area (Å²) in [6, 6.07) is 9.15. The van der Waals surface area contributed by atoms with E-state index in [0.29, 0.717) is 21.5 Å². The van der Waals surface area contributed by atoms with Gasteiger partial charge in [0, 0.05) is 16.4 Å². The van der Waals surface area contributed by atoms with Crippen molar-refractivity contribution in [2.45, 2.75) is 13.0 Å². The maximum absolute atomic E-state index is 12.2. The quantitative estimate of drug-likeness (QED) is 0.606. The largest absolute Gasteiger partial charge is 0.495 e.